The summed E-state index contributed by atoms with van der Waals surface area (Å²) in [6.07, 6.45) is 10.7. The van der Waals surface area contributed by atoms with Gasteiger partial charge in [0.1, 0.15) is 0 Å². The van der Waals surface area contributed by atoms with E-state index in [1.54, 1.807) is 0 Å². The van der Waals surface area contributed by atoms with Crippen LogP contribution in [0.25, 0.3) is 0 Å². The van der Waals surface area contributed by atoms with Gasteiger partial charge in [-0.1, -0.05) is 24.6 Å². The molecule has 1 heterocycles. The molecule has 1 saturated carbocycles. The van der Waals surface area contributed by atoms with Crippen LogP contribution in [-0.2, 0) is 9.53 Å². The first-order valence-electron chi connectivity index (χ1n) is 9.08. The fourth-order valence-electron chi connectivity index (χ4n) is 3.69. The summed E-state index contributed by atoms with van der Waals surface area (Å²) in [5.41, 5.74) is 0.721. The van der Waals surface area contributed by atoms with Crippen LogP contribution in [0.15, 0.2) is 30.3 Å². The second-order valence-electron chi connectivity index (χ2n) is 7.27. The number of ether oxygens (including phenoxy) is 1. The molecule has 0 aromatic heterocycles. The van der Waals surface area contributed by atoms with Gasteiger partial charge in [-0.2, -0.15) is 0 Å². The lowest BCUT2D eigenvalue weighted by molar-refractivity contribution is -0.155. The molecule has 1 aromatic rings. The molecule has 4 nitrogen and oxygen atoms in total. The van der Waals surface area contributed by atoms with Crippen LogP contribution >= 0.6 is 0 Å². The fourth-order valence-corrected chi connectivity index (χ4v) is 3.69. The van der Waals surface area contributed by atoms with Gasteiger partial charge in [0.15, 0.2) is 0 Å². The summed E-state index contributed by atoms with van der Waals surface area (Å²) < 4.78 is 5.58. The number of carbonyl (C=O) groups is 2. The summed E-state index contributed by atoms with van der Waals surface area (Å²) in [7, 11) is 0. The van der Waals surface area contributed by atoms with E-state index in [4.69, 9.17) is 11.2 Å². The van der Waals surface area contributed by atoms with E-state index in [1.807, 2.05) is 35.2 Å². The van der Waals surface area contributed by atoms with Crippen LogP contribution < -0.4 is 0 Å². The smallest absolute Gasteiger partial charge is 0.309 e. The molecule has 0 radical (unpaired) electrons. The normalized spacial score (nSPS) is 19.6. The van der Waals surface area contributed by atoms with Crippen molar-refractivity contribution in [2.24, 2.45) is 11.3 Å². The van der Waals surface area contributed by atoms with E-state index in [0.29, 0.717) is 44.5 Å². The lowest BCUT2D eigenvalue weighted by atomic mass is 9.67. The minimum absolute atomic E-state index is 0.0222. The van der Waals surface area contributed by atoms with Gasteiger partial charge in [0.2, 0.25) is 0 Å². The Kier molecular flexibility index (Phi) is 5.43. The number of terminal acetylenes is 1. The van der Waals surface area contributed by atoms with E-state index < -0.39 is 0 Å². The van der Waals surface area contributed by atoms with Crippen molar-refractivity contribution >= 4 is 11.9 Å². The highest BCUT2D eigenvalue weighted by molar-refractivity contribution is 5.94. The van der Waals surface area contributed by atoms with Crippen molar-refractivity contribution in [1.82, 2.24) is 4.90 Å². The van der Waals surface area contributed by atoms with Crippen LogP contribution in [0, 0.1) is 23.7 Å². The van der Waals surface area contributed by atoms with Gasteiger partial charge in [-0.05, 0) is 37.8 Å². The Balaban J connectivity index is 1.46. The number of likely N-dealkylation sites (tertiary alicyclic amines) is 1. The second kappa shape index (κ2) is 7.74. The third kappa shape index (κ3) is 4.04. The van der Waals surface area contributed by atoms with Gasteiger partial charge in [0.05, 0.1) is 12.5 Å². The van der Waals surface area contributed by atoms with Crippen molar-refractivity contribution in [2.75, 3.05) is 19.7 Å². The maximum Gasteiger partial charge on any atom is 0.309 e. The van der Waals surface area contributed by atoms with Crippen molar-refractivity contribution in [1.29, 1.82) is 0 Å². The summed E-state index contributed by atoms with van der Waals surface area (Å²) in [6.45, 7) is 1.64. The van der Waals surface area contributed by atoms with Gasteiger partial charge < -0.3 is 9.64 Å². The number of rotatable bonds is 5. The zero-order valence-corrected chi connectivity index (χ0v) is 14.6. The number of amides is 1. The Labute approximate surface area is 149 Å². The Hall–Kier alpha value is -2.28. The van der Waals surface area contributed by atoms with Crippen LogP contribution in [0.2, 0.25) is 0 Å². The van der Waals surface area contributed by atoms with Crippen molar-refractivity contribution in [2.45, 2.75) is 38.5 Å². The summed E-state index contributed by atoms with van der Waals surface area (Å²) in [5.74, 6) is 2.51. The van der Waals surface area contributed by atoms with Crippen molar-refractivity contribution < 1.29 is 14.3 Å². The Morgan fingerprint density at radius 3 is 2.44 bits per heavy atom. The molecule has 0 N–H and O–H groups in total. The van der Waals surface area contributed by atoms with Gasteiger partial charge in [-0.25, -0.2) is 0 Å². The molecule has 132 valence electrons. The molecule has 1 aliphatic carbocycles. The van der Waals surface area contributed by atoms with Crippen LogP contribution in [0.4, 0.5) is 0 Å². The molecule has 1 aliphatic heterocycles. The third-order valence-corrected chi connectivity index (χ3v) is 5.55. The highest BCUT2D eigenvalue weighted by Gasteiger charge is 2.38. The average Bonchev–Trinajstić information content (AvgIpc) is 2.64. The van der Waals surface area contributed by atoms with Gasteiger partial charge in [0, 0.05) is 30.5 Å². The van der Waals surface area contributed by atoms with E-state index >= 15 is 0 Å². The monoisotopic (exact) mass is 339 g/mol. The van der Waals surface area contributed by atoms with Crippen molar-refractivity contribution in [3.05, 3.63) is 35.9 Å². The minimum atomic E-state index is -0.130. The largest absolute Gasteiger partial charge is 0.465 e. The second-order valence-corrected chi connectivity index (χ2v) is 7.27. The molecule has 4 heteroatoms. The van der Waals surface area contributed by atoms with Gasteiger partial charge in [0.25, 0.3) is 5.91 Å². The van der Waals surface area contributed by atoms with E-state index in [0.717, 1.165) is 12.8 Å². The van der Waals surface area contributed by atoms with Gasteiger partial charge >= 0.3 is 5.97 Å². The predicted octanol–water partition coefficient (Wildman–Crippen LogP) is 3.28. The first-order valence-corrected chi connectivity index (χ1v) is 9.08. The van der Waals surface area contributed by atoms with E-state index in [1.165, 1.54) is 6.42 Å². The molecule has 1 amide bonds. The topological polar surface area (TPSA) is 46.6 Å². The van der Waals surface area contributed by atoms with Crippen LogP contribution in [-0.4, -0.2) is 36.5 Å². The molecule has 0 bridgehead atoms. The quantitative estimate of drug-likeness (QED) is 0.611. The zero-order chi connectivity index (χ0) is 17.7. The maximum absolute atomic E-state index is 12.4. The lowest BCUT2D eigenvalue weighted by Gasteiger charge is -2.40. The Morgan fingerprint density at radius 2 is 1.88 bits per heavy atom. The molecule has 0 unspecified atom stereocenters. The van der Waals surface area contributed by atoms with Gasteiger partial charge in [-0.3, -0.25) is 9.59 Å². The number of piperidine rings is 1. The molecule has 2 fully saturated rings. The third-order valence-electron chi connectivity index (χ3n) is 5.55. The molecule has 3 rings (SSSR count). The molecule has 1 aromatic carbocycles. The van der Waals surface area contributed by atoms with Crippen LogP contribution in [0.5, 0.6) is 0 Å². The number of esters is 1. The molecule has 0 spiro atoms. The Morgan fingerprint density at radius 1 is 1.20 bits per heavy atom. The predicted molar refractivity (Wildman–Crippen MR) is 95.8 cm³/mol. The standard InChI is InChI=1S/C21H25NO3/c1-2-11-21(12-6-13-21)16-25-20(24)18-9-14-22(15-10-18)19(23)17-7-4-3-5-8-17/h1,3-5,7-8,18H,6,9-16H2. The van der Waals surface area contributed by atoms with Crippen molar-refractivity contribution in [3.63, 3.8) is 0 Å². The summed E-state index contributed by atoms with van der Waals surface area (Å²) >= 11 is 0. The van der Waals surface area contributed by atoms with Crippen LogP contribution in [0.1, 0.15) is 48.9 Å². The summed E-state index contributed by atoms with van der Waals surface area (Å²) in [4.78, 5) is 26.6. The fraction of sp³-hybridized carbons (Fsp3) is 0.524. The Bertz CT molecular complexity index is 649. The van der Waals surface area contributed by atoms with Crippen molar-refractivity contribution in [3.8, 4) is 12.3 Å². The number of hydrogen-bond acceptors (Lipinski definition) is 3. The first-order chi connectivity index (χ1) is 12.1. The molecule has 1 saturated heterocycles. The van der Waals surface area contributed by atoms with E-state index in [2.05, 4.69) is 5.92 Å². The highest BCUT2D eigenvalue weighted by Crippen LogP contribution is 2.44. The number of carbonyl (C=O) groups excluding carboxylic acids is 2. The van der Waals surface area contributed by atoms with Gasteiger partial charge in [-0.15, -0.1) is 12.3 Å². The number of benzene rings is 1. The first kappa shape index (κ1) is 17.5. The summed E-state index contributed by atoms with van der Waals surface area (Å²) in [5, 5.41) is 0. The highest BCUT2D eigenvalue weighted by atomic mass is 16.5. The van der Waals surface area contributed by atoms with Crippen LogP contribution in [0.3, 0.4) is 0 Å². The molecular formula is C21H25NO3. The summed E-state index contributed by atoms with van der Waals surface area (Å²) in [6, 6.07) is 9.28. The lowest BCUT2D eigenvalue weighted by Crippen LogP contribution is -2.41. The molecule has 2 aliphatic rings. The SMILES string of the molecule is C#CCC1(COC(=O)C2CCN(C(=O)c3ccccc3)CC2)CCC1. The molecule has 0 atom stereocenters. The minimum Gasteiger partial charge on any atom is -0.465 e. The average molecular weight is 339 g/mol. The zero-order valence-electron chi connectivity index (χ0n) is 14.6. The van der Waals surface area contributed by atoms with E-state index in [-0.39, 0.29) is 23.2 Å². The maximum atomic E-state index is 12.4. The molecular weight excluding hydrogens is 314 g/mol. The molecule has 25 heavy (non-hydrogen) atoms. The number of hydrogen-bond donors (Lipinski definition) is 0. The van der Waals surface area contributed by atoms with E-state index in [9.17, 15) is 9.59 Å². The number of nitrogens with zero attached hydrogens (tertiary/aromatic N) is 1.